The van der Waals surface area contributed by atoms with Gasteiger partial charge in [0, 0.05) is 24.2 Å². The standard InChI is InChI=1S/C24H26N2O6/c1-30-20-10-7-16(8-11-20)22(27)15-21(17-9-12-23(31-2)24(13-17)32-3)25-18-5-4-6-19(14-18)26(28)29/h4-14,21-22,25,27H,15H2,1-3H3. The van der Waals surface area contributed by atoms with Gasteiger partial charge in [-0.3, -0.25) is 10.1 Å². The van der Waals surface area contributed by atoms with E-state index in [-0.39, 0.29) is 11.7 Å². The lowest BCUT2D eigenvalue weighted by Gasteiger charge is -2.24. The van der Waals surface area contributed by atoms with Crippen LogP contribution in [-0.2, 0) is 0 Å². The molecule has 0 saturated carbocycles. The minimum absolute atomic E-state index is 0.0169. The highest BCUT2D eigenvalue weighted by Crippen LogP contribution is 2.35. The largest absolute Gasteiger partial charge is 0.497 e. The lowest BCUT2D eigenvalue weighted by Crippen LogP contribution is -2.15. The molecule has 32 heavy (non-hydrogen) atoms. The summed E-state index contributed by atoms with van der Waals surface area (Å²) >= 11 is 0. The molecule has 0 aliphatic rings. The van der Waals surface area contributed by atoms with Crippen LogP contribution < -0.4 is 19.5 Å². The Balaban J connectivity index is 1.93. The molecule has 3 rings (SSSR count). The van der Waals surface area contributed by atoms with Gasteiger partial charge in [-0.25, -0.2) is 0 Å². The first-order chi connectivity index (χ1) is 15.4. The number of non-ortho nitro benzene ring substituents is 1. The maximum atomic E-state index is 11.2. The minimum atomic E-state index is -0.787. The quantitative estimate of drug-likeness (QED) is 0.343. The normalized spacial score (nSPS) is 12.5. The molecule has 0 aliphatic heterocycles. The summed E-state index contributed by atoms with van der Waals surface area (Å²) in [6, 6.07) is 18.6. The van der Waals surface area contributed by atoms with Crippen LogP contribution in [0.25, 0.3) is 0 Å². The fourth-order valence-electron chi connectivity index (χ4n) is 3.44. The van der Waals surface area contributed by atoms with Gasteiger partial charge in [-0.2, -0.15) is 0 Å². The van der Waals surface area contributed by atoms with Crippen molar-refractivity contribution in [2.45, 2.75) is 18.6 Å². The number of benzene rings is 3. The van der Waals surface area contributed by atoms with Gasteiger partial charge in [-0.05, 0) is 41.5 Å². The number of nitro benzene ring substituents is 1. The number of rotatable bonds is 10. The molecule has 0 aromatic heterocycles. The molecule has 3 aromatic rings. The van der Waals surface area contributed by atoms with Crippen molar-refractivity contribution in [2.75, 3.05) is 26.6 Å². The van der Waals surface area contributed by atoms with E-state index >= 15 is 0 Å². The Kier molecular flexibility index (Phi) is 7.51. The van der Waals surface area contributed by atoms with Crippen molar-refractivity contribution in [2.24, 2.45) is 0 Å². The van der Waals surface area contributed by atoms with Crippen molar-refractivity contribution in [3.05, 3.63) is 88.0 Å². The lowest BCUT2D eigenvalue weighted by molar-refractivity contribution is -0.384. The zero-order valence-electron chi connectivity index (χ0n) is 18.1. The molecule has 2 unspecified atom stereocenters. The fourth-order valence-corrected chi connectivity index (χ4v) is 3.44. The first kappa shape index (κ1) is 22.9. The monoisotopic (exact) mass is 438 g/mol. The number of hydrogen-bond donors (Lipinski definition) is 2. The zero-order valence-corrected chi connectivity index (χ0v) is 18.1. The molecule has 0 fully saturated rings. The predicted octanol–water partition coefficient (Wildman–Crippen LogP) is 4.90. The molecule has 0 heterocycles. The molecule has 2 atom stereocenters. The molecule has 0 amide bonds. The van der Waals surface area contributed by atoms with E-state index in [1.807, 2.05) is 24.3 Å². The van der Waals surface area contributed by atoms with E-state index in [4.69, 9.17) is 14.2 Å². The number of ether oxygens (including phenoxy) is 3. The number of methoxy groups -OCH3 is 3. The van der Waals surface area contributed by atoms with Crippen molar-refractivity contribution < 1.29 is 24.2 Å². The second kappa shape index (κ2) is 10.5. The molecule has 8 nitrogen and oxygen atoms in total. The molecule has 8 heteroatoms. The van der Waals surface area contributed by atoms with Gasteiger partial charge in [0.05, 0.1) is 38.4 Å². The fraction of sp³-hybridized carbons (Fsp3) is 0.250. The van der Waals surface area contributed by atoms with Crippen LogP contribution in [0.15, 0.2) is 66.7 Å². The summed E-state index contributed by atoms with van der Waals surface area (Å²) in [6.45, 7) is 0. The van der Waals surface area contributed by atoms with Gasteiger partial charge < -0.3 is 24.6 Å². The van der Waals surface area contributed by atoms with Gasteiger partial charge in [0.2, 0.25) is 0 Å². The zero-order chi connectivity index (χ0) is 23.1. The van der Waals surface area contributed by atoms with Gasteiger partial charge in [0.25, 0.3) is 5.69 Å². The first-order valence-corrected chi connectivity index (χ1v) is 10.00. The molecular weight excluding hydrogens is 412 g/mol. The number of aliphatic hydroxyl groups excluding tert-OH is 1. The Bertz CT molecular complexity index is 1050. The SMILES string of the molecule is COc1ccc(C(O)CC(Nc2cccc([N+](=O)[O-])c2)c2ccc(OC)c(OC)c2)cc1. The molecular formula is C24H26N2O6. The van der Waals surface area contributed by atoms with E-state index < -0.39 is 11.0 Å². The smallest absolute Gasteiger partial charge is 0.271 e. The van der Waals surface area contributed by atoms with Crippen LogP contribution in [0.3, 0.4) is 0 Å². The van der Waals surface area contributed by atoms with E-state index in [2.05, 4.69) is 5.32 Å². The lowest BCUT2D eigenvalue weighted by atomic mass is 9.96. The number of hydrogen-bond acceptors (Lipinski definition) is 7. The molecule has 0 spiro atoms. The second-order valence-corrected chi connectivity index (χ2v) is 7.14. The van der Waals surface area contributed by atoms with Gasteiger partial charge in [-0.15, -0.1) is 0 Å². The second-order valence-electron chi connectivity index (χ2n) is 7.14. The maximum absolute atomic E-state index is 11.2. The Hall–Kier alpha value is -3.78. The summed E-state index contributed by atoms with van der Waals surface area (Å²) in [6.07, 6.45) is -0.477. The first-order valence-electron chi connectivity index (χ1n) is 10.00. The number of aliphatic hydroxyl groups is 1. The summed E-state index contributed by atoms with van der Waals surface area (Å²) in [7, 11) is 4.70. The van der Waals surface area contributed by atoms with E-state index in [0.29, 0.717) is 29.4 Å². The number of nitrogens with one attached hydrogen (secondary N) is 1. The maximum Gasteiger partial charge on any atom is 0.271 e. The van der Waals surface area contributed by atoms with Crippen LogP contribution in [0.1, 0.15) is 29.7 Å². The van der Waals surface area contributed by atoms with Gasteiger partial charge in [0.1, 0.15) is 5.75 Å². The van der Waals surface area contributed by atoms with Crippen molar-refractivity contribution in [3.63, 3.8) is 0 Å². The van der Waals surface area contributed by atoms with Crippen LogP contribution in [-0.4, -0.2) is 31.4 Å². The third-order valence-electron chi connectivity index (χ3n) is 5.17. The third kappa shape index (κ3) is 5.47. The average Bonchev–Trinajstić information content (AvgIpc) is 2.83. The topological polar surface area (TPSA) is 103 Å². The van der Waals surface area contributed by atoms with E-state index in [1.54, 1.807) is 51.7 Å². The molecule has 0 aliphatic carbocycles. The van der Waals surface area contributed by atoms with E-state index in [1.165, 1.54) is 12.1 Å². The number of nitro groups is 1. The van der Waals surface area contributed by atoms with Crippen molar-refractivity contribution in [3.8, 4) is 17.2 Å². The summed E-state index contributed by atoms with van der Waals surface area (Å²) < 4.78 is 15.9. The van der Waals surface area contributed by atoms with Gasteiger partial charge in [0.15, 0.2) is 11.5 Å². The molecule has 3 aromatic carbocycles. The Labute approximate surface area is 186 Å². The Morgan fingerprint density at radius 1 is 0.906 bits per heavy atom. The van der Waals surface area contributed by atoms with Gasteiger partial charge >= 0.3 is 0 Å². The highest BCUT2D eigenvalue weighted by Gasteiger charge is 2.21. The summed E-state index contributed by atoms with van der Waals surface area (Å²) in [4.78, 5) is 10.7. The third-order valence-corrected chi connectivity index (χ3v) is 5.17. The van der Waals surface area contributed by atoms with Crippen molar-refractivity contribution in [1.82, 2.24) is 0 Å². The molecule has 0 radical (unpaired) electrons. The molecule has 0 bridgehead atoms. The van der Waals surface area contributed by atoms with E-state index in [0.717, 1.165) is 11.1 Å². The van der Waals surface area contributed by atoms with Crippen LogP contribution in [0.5, 0.6) is 17.2 Å². The Morgan fingerprint density at radius 2 is 1.59 bits per heavy atom. The number of anilines is 1. The average molecular weight is 438 g/mol. The van der Waals surface area contributed by atoms with Crippen LogP contribution in [0.2, 0.25) is 0 Å². The van der Waals surface area contributed by atoms with Crippen molar-refractivity contribution in [1.29, 1.82) is 0 Å². The van der Waals surface area contributed by atoms with Crippen LogP contribution in [0, 0.1) is 10.1 Å². The highest BCUT2D eigenvalue weighted by molar-refractivity contribution is 5.53. The van der Waals surface area contributed by atoms with Gasteiger partial charge in [-0.1, -0.05) is 24.3 Å². The van der Waals surface area contributed by atoms with Crippen LogP contribution in [0.4, 0.5) is 11.4 Å². The van der Waals surface area contributed by atoms with Crippen molar-refractivity contribution >= 4 is 11.4 Å². The molecule has 168 valence electrons. The Morgan fingerprint density at radius 3 is 2.22 bits per heavy atom. The number of nitrogens with zero attached hydrogens (tertiary/aromatic N) is 1. The summed E-state index contributed by atoms with van der Waals surface area (Å²) in [5.74, 6) is 1.84. The molecule has 2 N–H and O–H groups in total. The molecule has 0 saturated heterocycles. The highest BCUT2D eigenvalue weighted by atomic mass is 16.6. The minimum Gasteiger partial charge on any atom is -0.497 e. The predicted molar refractivity (Wildman–Crippen MR) is 122 cm³/mol. The summed E-state index contributed by atoms with van der Waals surface area (Å²) in [5.41, 5.74) is 2.12. The van der Waals surface area contributed by atoms with Crippen LogP contribution >= 0.6 is 0 Å². The summed E-state index contributed by atoms with van der Waals surface area (Å²) in [5, 5.41) is 25.4. The van der Waals surface area contributed by atoms with E-state index in [9.17, 15) is 15.2 Å².